The Kier molecular flexibility index (Phi) is 7.22. The first-order valence-corrected chi connectivity index (χ1v) is 6.18. The van der Waals surface area contributed by atoms with Crippen LogP contribution in [0.3, 0.4) is 0 Å². The molecule has 3 N–H and O–H groups in total. The summed E-state index contributed by atoms with van der Waals surface area (Å²) in [6.07, 6.45) is -0.226. The zero-order valence-electron chi connectivity index (χ0n) is 8.77. The lowest BCUT2D eigenvalue weighted by molar-refractivity contribution is -0.155. The number of halogens is 1. The van der Waals surface area contributed by atoms with Crippen LogP contribution in [0.2, 0.25) is 0 Å². The van der Waals surface area contributed by atoms with Gasteiger partial charge in [0, 0.05) is 11.0 Å². The monoisotopic (exact) mass is 343 g/mol. The van der Waals surface area contributed by atoms with Gasteiger partial charge in [-0.25, -0.2) is 0 Å². The normalized spacial score (nSPS) is 12.4. The van der Waals surface area contributed by atoms with Crippen LogP contribution in [-0.2, 0) is 14.4 Å². The van der Waals surface area contributed by atoms with Crippen molar-refractivity contribution in [1.82, 2.24) is 5.32 Å². The van der Waals surface area contributed by atoms with Crippen LogP contribution < -0.4 is 5.32 Å². The maximum atomic E-state index is 11.2. The van der Waals surface area contributed by atoms with Gasteiger partial charge < -0.3 is 15.5 Å². The average Bonchev–Trinajstić information content (AvgIpc) is 2.16. The minimum atomic E-state index is -1.55. The van der Waals surface area contributed by atoms with Gasteiger partial charge in [0.15, 0.2) is 5.92 Å². The second-order valence-corrected chi connectivity index (χ2v) is 4.35. The smallest absolute Gasteiger partial charge is 0.317 e. The molecule has 7 heteroatoms. The predicted octanol–water partition coefficient (Wildman–Crippen LogP) is 0.144. The highest BCUT2D eigenvalue weighted by atomic mass is 127. The summed E-state index contributed by atoms with van der Waals surface area (Å²) < 4.78 is 0.756. The molecule has 0 aromatic heterocycles. The number of carboxylic acid groups (broad SMARTS) is 2. The largest absolute Gasteiger partial charge is 0.481 e. The summed E-state index contributed by atoms with van der Waals surface area (Å²) in [6.45, 7) is 1.85. The molecule has 92 valence electrons. The summed E-state index contributed by atoms with van der Waals surface area (Å²) in [6, 6.07) is -0.716. The Morgan fingerprint density at radius 3 is 2.06 bits per heavy atom. The van der Waals surface area contributed by atoms with Crippen molar-refractivity contribution in [3.05, 3.63) is 0 Å². The van der Waals surface area contributed by atoms with Crippen LogP contribution in [0, 0.1) is 5.92 Å². The van der Waals surface area contributed by atoms with Crippen LogP contribution >= 0.6 is 22.6 Å². The third kappa shape index (κ3) is 5.40. The molecule has 0 heterocycles. The van der Waals surface area contributed by atoms with Crippen molar-refractivity contribution in [2.45, 2.75) is 19.4 Å². The molecule has 0 bridgehead atoms. The lowest BCUT2D eigenvalue weighted by Crippen LogP contribution is -2.41. The van der Waals surface area contributed by atoms with Gasteiger partial charge in [-0.2, -0.15) is 0 Å². The van der Waals surface area contributed by atoms with E-state index in [1.54, 1.807) is 0 Å². The number of carbonyl (C=O) groups is 3. The first-order chi connectivity index (χ1) is 7.40. The molecule has 0 aliphatic carbocycles. The highest BCUT2D eigenvalue weighted by Gasteiger charge is 2.30. The summed E-state index contributed by atoms with van der Waals surface area (Å²) in [5.74, 6) is -4.64. The number of hydrogen-bond acceptors (Lipinski definition) is 4. The van der Waals surface area contributed by atoms with Crippen molar-refractivity contribution >= 4 is 40.3 Å². The second kappa shape index (κ2) is 7.55. The van der Waals surface area contributed by atoms with Crippen molar-refractivity contribution in [2.24, 2.45) is 5.92 Å². The van der Waals surface area contributed by atoms with Crippen molar-refractivity contribution in [3.63, 3.8) is 0 Å². The van der Waals surface area contributed by atoms with E-state index >= 15 is 0 Å². The first kappa shape index (κ1) is 15.3. The number of nitrogens with one attached hydrogen (secondary N) is 1. The Labute approximate surface area is 107 Å². The number of aliphatic carboxylic acids is 2. The average molecular weight is 343 g/mol. The van der Waals surface area contributed by atoms with Gasteiger partial charge in [0.05, 0.1) is 6.04 Å². The number of rotatable bonds is 8. The van der Waals surface area contributed by atoms with Gasteiger partial charge in [0.1, 0.15) is 5.78 Å². The molecule has 0 aromatic carbocycles. The van der Waals surface area contributed by atoms with Crippen molar-refractivity contribution < 1.29 is 24.6 Å². The molecule has 0 radical (unpaired) electrons. The van der Waals surface area contributed by atoms with E-state index in [9.17, 15) is 14.4 Å². The van der Waals surface area contributed by atoms with Crippen molar-refractivity contribution in [3.8, 4) is 0 Å². The standard InChI is InChI=1S/C9H14INO5/c1-5(12)7(11-3-2-10)4-6(8(13)14)9(15)16/h6-7,11H,2-4H2,1H3,(H,13,14)(H,15,16). The fourth-order valence-corrected chi connectivity index (χ4v) is 1.48. The molecule has 6 nitrogen and oxygen atoms in total. The number of hydrogen-bond donors (Lipinski definition) is 3. The number of ketones is 1. The van der Waals surface area contributed by atoms with Crippen LogP contribution in [0.4, 0.5) is 0 Å². The Hall–Kier alpha value is -0.700. The topological polar surface area (TPSA) is 104 Å². The number of carboxylic acids is 2. The zero-order valence-corrected chi connectivity index (χ0v) is 10.9. The van der Waals surface area contributed by atoms with E-state index in [0.717, 1.165) is 4.43 Å². The number of carbonyl (C=O) groups excluding carboxylic acids is 1. The Bertz CT molecular complexity index is 267. The zero-order chi connectivity index (χ0) is 12.7. The van der Waals surface area contributed by atoms with E-state index in [1.807, 2.05) is 0 Å². The molecule has 0 spiro atoms. The molecule has 0 fully saturated rings. The van der Waals surface area contributed by atoms with Gasteiger partial charge >= 0.3 is 11.9 Å². The van der Waals surface area contributed by atoms with E-state index in [0.29, 0.717) is 6.54 Å². The molecule has 1 atom stereocenters. The predicted molar refractivity (Wildman–Crippen MR) is 64.7 cm³/mol. The van der Waals surface area contributed by atoms with E-state index < -0.39 is 23.9 Å². The second-order valence-electron chi connectivity index (χ2n) is 3.27. The number of alkyl halides is 1. The molecule has 16 heavy (non-hydrogen) atoms. The maximum Gasteiger partial charge on any atom is 0.317 e. The Morgan fingerprint density at radius 1 is 1.25 bits per heavy atom. The molecule has 0 saturated carbocycles. The van der Waals surface area contributed by atoms with Gasteiger partial charge in [-0.15, -0.1) is 0 Å². The van der Waals surface area contributed by atoms with Gasteiger partial charge in [-0.3, -0.25) is 14.4 Å². The fourth-order valence-electron chi connectivity index (χ4n) is 1.16. The molecular formula is C9H14INO5. The third-order valence-corrected chi connectivity index (χ3v) is 2.58. The molecule has 0 aliphatic heterocycles. The summed E-state index contributed by atoms with van der Waals surface area (Å²) in [5, 5.41) is 20.2. The molecular weight excluding hydrogens is 329 g/mol. The highest BCUT2D eigenvalue weighted by Crippen LogP contribution is 2.09. The first-order valence-electron chi connectivity index (χ1n) is 4.65. The Morgan fingerprint density at radius 2 is 1.75 bits per heavy atom. The van der Waals surface area contributed by atoms with E-state index in [1.165, 1.54) is 6.92 Å². The highest BCUT2D eigenvalue weighted by molar-refractivity contribution is 14.1. The fraction of sp³-hybridized carbons (Fsp3) is 0.667. The molecule has 0 amide bonds. The third-order valence-electron chi connectivity index (χ3n) is 2.04. The lowest BCUT2D eigenvalue weighted by Gasteiger charge is -2.17. The summed E-state index contributed by atoms with van der Waals surface area (Å²) >= 11 is 2.10. The van der Waals surface area contributed by atoms with Gasteiger partial charge in [0.25, 0.3) is 0 Å². The van der Waals surface area contributed by atoms with Crippen LogP contribution in [0.5, 0.6) is 0 Å². The summed E-state index contributed by atoms with van der Waals surface area (Å²) in [5.41, 5.74) is 0. The van der Waals surface area contributed by atoms with Crippen molar-refractivity contribution in [2.75, 3.05) is 11.0 Å². The molecule has 0 saturated heterocycles. The quantitative estimate of drug-likeness (QED) is 0.329. The van der Waals surface area contributed by atoms with E-state index in [-0.39, 0.29) is 12.2 Å². The molecule has 0 rings (SSSR count). The minimum absolute atomic E-state index is 0.226. The SMILES string of the molecule is CC(=O)C(CC(C(=O)O)C(=O)O)NCCI. The summed E-state index contributed by atoms with van der Waals surface area (Å²) in [7, 11) is 0. The van der Waals surface area contributed by atoms with Gasteiger partial charge in [-0.1, -0.05) is 22.6 Å². The van der Waals surface area contributed by atoms with Crippen LogP contribution in [0.25, 0.3) is 0 Å². The minimum Gasteiger partial charge on any atom is -0.481 e. The van der Waals surface area contributed by atoms with E-state index in [2.05, 4.69) is 27.9 Å². The van der Waals surface area contributed by atoms with Crippen LogP contribution in [0.15, 0.2) is 0 Å². The molecule has 0 aromatic rings. The maximum absolute atomic E-state index is 11.2. The van der Waals surface area contributed by atoms with Crippen molar-refractivity contribution in [1.29, 1.82) is 0 Å². The lowest BCUT2D eigenvalue weighted by atomic mass is 9.98. The Balaban J connectivity index is 4.51. The van der Waals surface area contributed by atoms with E-state index in [4.69, 9.17) is 10.2 Å². The molecule has 0 aliphatic rings. The van der Waals surface area contributed by atoms with Crippen LogP contribution in [-0.4, -0.2) is 44.9 Å². The summed E-state index contributed by atoms with van der Waals surface area (Å²) in [4.78, 5) is 32.5. The van der Waals surface area contributed by atoms with Gasteiger partial charge in [-0.05, 0) is 13.3 Å². The molecule has 1 unspecified atom stereocenters. The number of Topliss-reactive ketones (excluding diaryl/α,β-unsaturated/α-hetero) is 1. The van der Waals surface area contributed by atoms with Gasteiger partial charge in [0.2, 0.25) is 0 Å². The van der Waals surface area contributed by atoms with Crippen LogP contribution in [0.1, 0.15) is 13.3 Å².